The number of nitrogens with one attached hydrogen (secondary N) is 1. The first-order valence-electron chi connectivity index (χ1n) is 6.83. The lowest BCUT2D eigenvalue weighted by Crippen LogP contribution is -2.17. The Balaban J connectivity index is 2.25. The molecule has 1 amide bonds. The second kappa shape index (κ2) is 5.95. The van der Waals surface area contributed by atoms with Gasteiger partial charge in [-0.25, -0.2) is 0 Å². The van der Waals surface area contributed by atoms with Crippen molar-refractivity contribution in [2.45, 2.75) is 26.2 Å². The molecule has 0 atom stereocenters. The zero-order valence-corrected chi connectivity index (χ0v) is 12.8. The first-order valence-corrected chi connectivity index (χ1v) is 6.83. The maximum Gasteiger partial charge on any atom is 0.255 e. The summed E-state index contributed by atoms with van der Waals surface area (Å²) >= 11 is 0. The van der Waals surface area contributed by atoms with Crippen molar-refractivity contribution in [1.82, 2.24) is 4.98 Å². The largest absolute Gasteiger partial charge is 0.495 e. The van der Waals surface area contributed by atoms with E-state index in [1.54, 1.807) is 19.4 Å². The molecule has 0 unspecified atom stereocenters. The average Bonchev–Trinajstić information content (AvgIpc) is 2.47. The normalized spacial score (nSPS) is 11.0. The van der Waals surface area contributed by atoms with E-state index in [9.17, 15) is 4.79 Å². The summed E-state index contributed by atoms with van der Waals surface area (Å²) in [6.07, 6.45) is 1.66. The SMILES string of the molecule is COc1ccccc1NC(=O)c1ccnc(C(C)(C)C)c1. The Kier molecular flexibility index (Phi) is 4.26. The van der Waals surface area contributed by atoms with E-state index in [0.717, 1.165) is 5.69 Å². The van der Waals surface area contributed by atoms with Gasteiger partial charge in [0, 0.05) is 22.9 Å². The number of aromatic nitrogens is 1. The molecule has 21 heavy (non-hydrogen) atoms. The summed E-state index contributed by atoms with van der Waals surface area (Å²) < 4.78 is 5.23. The van der Waals surface area contributed by atoms with Crippen LogP contribution in [-0.4, -0.2) is 18.0 Å². The van der Waals surface area contributed by atoms with Gasteiger partial charge < -0.3 is 10.1 Å². The highest BCUT2D eigenvalue weighted by molar-refractivity contribution is 6.05. The number of carbonyl (C=O) groups is 1. The molecule has 0 aliphatic carbocycles. The predicted octanol–water partition coefficient (Wildman–Crippen LogP) is 3.64. The second-order valence-electron chi connectivity index (χ2n) is 5.83. The number of carbonyl (C=O) groups excluding carboxylic acids is 1. The molecule has 1 N–H and O–H groups in total. The van der Waals surface area contributed by atoms with Gasteiger partial charge in [0.1, 0.15) is 5.75 Å². The molecule has 0 saturated heterocycles. The molecular formula is C17H20N2O2. The van der Waals surface area contributed by atoms with E-state index >= 15 is 0 Å². The summed E-state index contributed by atoms with van der Waals surface area (Å²) in [7, 11) is 1.58. The van der Waals surface area contributed by atoms with Crippen LogP contribution in [0.2, 0.25) is 0 Å². The van der Waals surface area contributed by atoms with Gasteiger partial charge in [0.25, 0.3) is 5.91 Å². The number of methoxy groups -OCH3 is 1. The minimum absolute atomic E-state index is 0.0965. The molecule has 2 rings (SSSR count). The number of hydrogen-bond donors (Lipinski definition) is 1. The Bertz CT molecular complexity index is 645. The van der Waals surface area contributed by atoms with Crippen LogP contribution in [0.5, 0.6) is 5.75 Å². The Morgan fingerprint density at radius 2 is 1.90 bits per heavy atom. The van der Waals surface area contributed by atoms with Crippen LogP contribution in [0.25, 0.3) is 0 Å². The van der Waals surface area contributed by atoms with Crippen LogP contribution in [-0.2, 0) is 5.41 Å². The van der Waals surface area contributed by atoms with E-state index in [2.05, 4.69) is 31.1 Å². The van der Waals surface area contributed by atoms with Gasteiger partial charge in [-0.3, -0.25) is 9.78 Å². The van der Waals surface area contributed by atoms with Gasteiger partial charge in [-0.2, -0.15) is 0 Å². The molecule has 0 saturated carbocycles. The van der Waals surface area contributed by atoms with Crippen LogP contribution in [0, 0.1) is 0 Å². The smallest absolute Gasteiger partial charge is 0.255 e. The third kappa shape index (κ3) is 3.60. The van der Waals surface area contributed by atoms with Crippen molar-refractivity contribution >= 4 is 11.6 Å². The summed E-state index contributed by atoms with van der Waals surface area (Å²) in [4.78, 5) is 16.7. The van der Waals surface area contributed by atoms with Crippen LogP contribution in [0.15, 0.2) is 42.6 Å². The highest BCUT2D eigenvalue weighted by Gasteiger charge is 2.17. The first-order chi connectivity index (χ1) is 9.91. The van der Waals surface area contributed by atoms with Crippen molar-refractivity contribution in [3.8, 4) is 5.75 Å². The highest BCUT2D eigenvalue weighted by atomic mass is 16.5. The van der Waals surface area contributed by atoms with Crippen molar-refractivity contribution < 1.29 is 9.53 Å². The van der Waals surface area contributed by atoms with Crippen LogP contribution in [0.3, 0.4) is 0 Å². The van der Waals surface area contributed by atoms with Gasteiger partial charge in [-0.1, -0.05) is 32.9 Å². The van der Waals surface area contributed by atoms with E-state index in [1.165, 1.54) is 0 Å². The van der Waals surface area contributed by atoms with E-state index in [0.29, 0.717) is 17.0 Å². The molecule has 1 aromatic carbocycles. The maximum absolute atomic E-state index is 12.4. The Morgan fingerprint density at radius 1 is 1.19 bits per heavy atom. The number of anilines is 1. The molecule has 1 heterocycles. The lowest BCUT2D eigenvalue weighted by atomic mass is 9.91. The van der Waals surface area contributed by atoms with Crippen molar-refractivity contribution in [3.63, 3.8) is 0 Å². The van der Waals surface area contributed by atoms with Crippen molar-refractivity contribution in [2.24, 2.45) is 0 Å². The number of rotatable bonds is 3. The fraction of sp³-hybridized carbons (Fsp3) is 0.294. The molecule has 0 radical (unpaired) electrons. The molecule has 4 heteroatoms. The summed E-state index contributed by atoms with van der Waals surface area (Å²) in [5, 5.41) is 2.86. The number of pyridine rings is 1. The molecule has 0 aliphatic rings. The molecule has 4 nitrogen and oxygen atoms in total. The Hall–Kier alpha value is -2.36. The van der Waals surface area contributed by atoms with E-state index < -0.39 is 0 Å². The van der Waals surface area contributed by atoms with Crippen molar-refractivity contribution in [1.29, 1.82) is 0 Å². The third-order valence-electron chi connectivity index (χ3n) is 3.15. The fourth-order valence-electron chi connectivity index (χ4n) is 1.92. The number of benzene rings is 1. The molecule has 1 aromatic heterocycles. The quantitative estimate of drug-likeness (QED) is 0.936. The van der Waals surface area contributed by atoms with Gasteiger partial charge >= 0.3 is 0 Å². The lowest BCUT2D eigenvalue weighted by molar-refractivity contribution is 0.102. The Morgan fingerprint density at radius 3 is 2.57 bits per heavy atom. The topological polar surface area (TPSA) is 51.2 Å². The third-order valence-corrected chi connectivity index (χ3v) is 3.15. The van der Waals surface area contributed by atoms with Crippen LogP contribution in [0.4, 0.5) is 5.69 Å². The maximum atomic E-state index is 12.4. The lowest BCUT2D eigenvalue weighted by Gasteiger charge is -2.18. The summed E-state index contributed by atoms with van der Waals surface area (Å²) in [5.41, 5.74) is 2.02. The zero-order valence-electron chi connectivity index (χ0n) is 12.8. The summed E-state index contributed by atoms with van der Waals surface area (Å²) in [6, 6.07) is 10.9. The van der Waals surface area contributed by atoms with Crippen LogP contribution in [0.1, 0.15) is 36.8 Å². The van der Waals surface area contributed by atoms with Gasteiger partial charge in [0.2, 0.25) is 0 Å². The molecule has 2 aromatic rings. The van der Waals surface area contributed by atoms with Crippen molar-refractivity contribution in [3.05, 3.63) is 53.9 Å². The standard InChI is InChI=1S/C17H20N2O2/c1-17(2,3)15-11-12(9-10-18-15)16(20)19-13-7-5-6-8-14(13)21-4/h5-11H,1-4H3,(H,19,20). The number of amides is 1. The van der Waals surface area contributed by atoms with E-state index in [-0.39, 0.29) is 11.3 Å². The van der Waals surface area contributed by atoms with E-state index in [4.69, 9.17) is 4.74 Å². The molecule has 0 aliphatic heterocycles. The van der Waals surface area contributed by atoms with Gasteiger partial charge in [-0.15, -0.1) is 0 Å². The first kappa shape index (κ1) is 15.0. The minimum Gasteiger partial charge on any atom is -0.495 e. The molecule has 0 spiro atoms. The number of hydrogen-bond acceptors (Lipinski definition) is 3. The number of para-hydroxylation sites is 2. The van der Waals surface area contributed by atoms with E-state index in [1.807, 2.05) is 30.3 Å². The molecule has 110 valence electrons. The number of nitrogens with zero attached hydrogens (tertiary/aromatic N) is 1. The van der Waals surface area contributed by atoms with Gasteiger partial charge in [-0.05, 0) is 24.3 Å². The average molecular weight is 284 g/mol. The minimum atomic E-state index is -0.174. The monoisotopic (exact) mass is 284 g/mol. The van der Waals surface area contributed by atoms with Gasteiger partial charge in [0.15, 0.2) is 0 Å². The molecule has 0 fully saturated rings. The molecular weight excluding hydrogens is 264 g/mol. The zero-order chi connectivity index (χ0) is 15.5. The second-order valence-corrected chi connectivity index (χ2v) is 5.83. The summed E-state index contributed by atoms with van der Waals surface area (Å²) in [6.45, 7) is 6.20. The molecule has 0 bridgehead atoms. The van der Waals surface area contributed by atoms with Crippen molar-refractivity contribution in [2.75, 3.05) is 12.4 Å². The number of ether oxygens (including phenoxy) is 1. The van der Waals surface area contributed by atoms with Gasteiger partial charge in [0.05, 0.1) is 12.8 Å². The predicted molar refractivity (Wildman–Crippen MR) is 83.9 cm³/mol. The fourth-order valence-corrected chi connectivity index (χ4v) is 1.92. The van der Waals surface area contributed by atoms with Crippen LogP contribution >= 0.6 is 0 Å². The van der Waals surface area contributed by atoms with Crippen LogP contribution < -0.4 is 10.1 Å². The Labute approximate surface area is 125 Å². The highest BCUT2D eigenvalue weighted by Crippen LogP contribution is 2.24. The summed E-state index contributed by atoms with van der Waals surface area (Å²) in [5.74, 6) is 0.461.